The molecule has 0 saturated carbocycles. The minimum atomic E-state index is -3.76. The number of benzene rings is 1. The number of nitrogens with two attached hydrogens (primary N) is 1. The molecule has 0 radical (unpaired) electrons. The molecule has 1 atom stereocenters. The summed E-state index contributed by atoms with van der Waals surface area (Å²) in [5, 5.41) is 7.85. The minimum Gasteiger partial charge on any atom is -0.345 e. The van der Waals surface area contributed by atoms with Crippen LogP contribution in [-0.4, -0.2) is 14.3 Å². The molecule has 5 nitrogen and oxygen atoms in total. The van der Waals surface area contributed by atoms with E-state index in [1.54, 1.807) is 6.07 Å². The zero-order chi connectivity index (χ0) is 12.6. The Labute approximate surface area is 100 Å². The molecule has 17 heavy (non-hydrogen) atoms. The largest absolute Gasteiger partial charge is 0.345 e. The van der Waals surface area contributed by atoms with Crippen LogP contribution in [-0.2, 0) is 10.0 Å². The predicted octanol–water partition coefficient (Wildman–Crippen LogP) is 0.919. The topological polar surface area (TPSA) is 89.3 Å². The van der Waals surface area contributed by atoms with Crippen molar-refractivity contribution in [2.24, 2.45) is 5.14 Å². The number of hydrogen-bond donors (Lipinski definition) is 2. The third-order valence-electron chi connectivity index (χ3n) is 2.86. The molecule has 3 N–H and O–H groups in total. The maximum absolute atomic E-state index is 11.7. The van der Waals surface area contributed by atoms with Crippen molar-refractivity contribution in [2.45, 2.75) is 30.7 Å². The van der Waals surface area contributed by atoms with Crippen molar-refractivity contribution >= 4 is 15.9 Å². The van der Waals surface area contributed by atoms with Gasteiger partial charge in [-0.2, -0.15) is 0 Å². The van der Waals surface area contributed by atoms with Gasteiger partial charge < -0.3 is 5.32 Å². The summed E-state index contributed by atoms with van der Waals surface area (Å²) in [7, 11) is -3.76. The van der Waals surface area contributed by atoms with Crippen LogP contribution in [0.4, 0.5) is 0 Å². The lowest BCUT2D eigenvalue weighted by Crippen LogP contribution is -2.18. The minimum absolute atomic E-state index is 0.0166. The van der Waals surface area contributed by atoms with Gasteiger partial charge in [0.05, 0.1) is 10.9 Å². The molecule has 1 amide bonds. The fraction of sp³-hybridized carbons (Fsp3) is 0.364. The van der Waals surface area contributed by atoms with Gasteiger partial charge in [0, 0.05) is 5.56 Å². The molecule has 1 unspecified atom stereocenters. The lowest BCUT2D eigenvalue weighted by molar-refractivity contribution is 0.0955. The number of carbonyl (C=O) groups is 1. The van der Waals surface area contributed by atoms with E-state index < -0.39 is 10.0 Å². The van der Waals surface area contributed by atoms with E-state index in [1.165, 1.54) is 12.1 Å². The van der Waals surface area contributed by atoms with Crippen molar-refractivity contribution in [1.82, 2.24) is 5.32 Å². The first-order valence-electron chi connectivity index (χ1n) is 5.41. The van der Waals surface area contributed by atoms with Gasteiger partial charge in [0.1, 0.15) is 0 Å². The average molecular weight is 254 g/mol. The highest BCUT2D eigenvalue weighted by atomic mass is 32.2. The van der Waals surface area contributed by atoms with E-state index >= 15 is 0 Å². The van der Waals surface area contributed by atoms with Gasteiger partial charge in [0.25, 0.3) is 5.91 Å². The van der Waals surface area contributed by atoms with Crippen LogP contribution < -0.4 is 10.5 Å². The molecular weight excluding hydrogens is 240 g/mol. The molecule has 1 aromatic rings. The van der Waals surface area contributed by atoms with Gasteiger partial charge in [0.15, 0.2) is 0 Å². The summed E-state index contributed by atoms with van der Waals surface area (Å²) in [6.07, 6.45) is 1.79. The first kappa shape index (κ1) is 12.1. The van der Waals surface area contributed by atoms with Crippen LogP contribution in [0.5, 0.6) is 0 Å². The Bertz CT molecular complexity index is 566. The fourth-order valence-electron chi connectivity index (χ4n) is 2.04. The Kier molecular flexibility index (Phi) is 2.92. The number of primary sulfonamides is 1. The molecule has 2 rings (SSSR count). The number of hydrogen-bond acceptors (Lipinski definition) is 3. The Morgan fingerprint density at radius 1 is 1.41 bits per heavy atom. The number of rotatable bonds is 3. The second-order valence-electron chi connectivity index (χ2n) is 4.11. The molecule has 92 valence electrons. The first-order valence-corrected chi connectivity index (χ1v) is 6.95. The van der Waals surface area contributed by atoms with Gasteiger partial charge in [-0.15, -0.1) is 0 Å². The quantitative estimate of drug-likeness (QED) is 0.840. The Morgan fingerprint density at radius 2 is 2.12 bits per heavy atom. The fourth-order valence-corrected chi connectivity index (χ4v) is 2.58. The summed E-state index contributed by atoms with van der Waals surface area (Å²) in [5.74, 6) is -0.232. The van der Waals surface area contributed by atoms with E-state index in [-0.39, 0.29) is 16.8 Å². The summed E-state index contributed by atoms with van der Waals surface area (Å²) in [6, 6.07) is 4.43. The van der Waals surface area contributed by atoms with Crippen LogP contribution >= 0.6 is 0 Å². The summed E-state index contributed by atoms with van der Waals surface area (Å²) in [6.45, 7) is 2.03. The van der Waals surface area contributed by atoms with Crippen molar-refractivity contribution in [3.8, 4) is 0 Å². The monoisotopic (exact) mass is 254 g/mol. The van der Waals surface area contributed by atoms with Gasteiger partial charge in [-0.25, -0.2) is 13.6 Å². The lowest BCUT2D eigenvalue weighted by atomic mass is 10.0. The highest BCUT2D eigenvalue weighted by Gasteiger charge is 2.28. The maximum Gasteiger partial charge on any atom is 0.252 e. The molecule has 0 saturated heterocycles. The number of fused-ring (bicyclic) bond motifs is 1. The van der Waals surface area contributed by atoms with Crippen LogP contribution in [0.2, 0.25) is 0 Å². The van der Waals surface area contributed by atoms with Gasteiger partial charge in [-0.05, 0) is 24.1 Å². The third-order valence-corrected chi connectivity index (χ3v) is 3.77. The molecule has 0 fully saturated rings. The van der Waals surface area contributed by atoms with E-state index in [0.717, 1.165) is 18.4 Å². The molecule has 1 heterocycles. The number of amides is 1. The number of sulfonamides is 1. The zero-order valence-corrected chi connectivity index (χ0v) is 10.3. The molecule has 0 spiro atoms. The molecule has 1 aliphatic rings. The maximum atomic E-state index is 11.7. The van der Waals surface area contributed by atoms with Crippen molar-refractivity contribution in [3.05, 3.63) is 29.3 Å². The van der Waals surface area contributed by atoms with Crippen molar-refractivity contribution in [2.75, 3.05) is 0 Å². The second kappa shape index (κ2) is 4.12. The molecule has 1 aromatic carbocycles. The third kappa shape index (κ3) is 2.18. The van der Waals surface area contributed by atoms with Crippen LogP contribution in [0.1, 0.15) is 41.7 Å². The summed E-state index contributed by atoms with van der Waals surface area (Å²) in [5.41, 5.74) is 1.26. The normalized spacial score (nSPS) is 18.9. The highest BCUT2D eigenvalue weighted by molar-refractivity contribution is 7.89. The van der Waals surface area contributed by atoms with Gasteiger partial charge >= 0.3 is 0 Å². The molecule has 0 aromatic heterocycles. The predicted molar refractivity (Wildman–Crippen MR) is 62.9 cm³/mol. The van der Waals surface area contributed by atoms with Crippen LogP contribution in [0.25, 0.3) is 0 Å². The zero-order valence-electron chi connectivity index (χ0n) is 9.43. The van der Waals surface area contributed by atoms with E-state index in [0.29, 0.717) is 5.56 Å². The summed E-state index contributed by atoms with van der Waals surface area (Å²) < 4.78 is 22.4. The van der Waals surface area contributed by atoms with Gasteiger partial charge in [0.2, 0.25) is 10.0 Å². The Hall–Kier alpha value is -1.40. The standard InChI is InChI=1S/C11H14N2O3S/c1-2-3-10-8-5-4-7(17(12,15)16)6-9(8)11(14)13-10/h4-6,10H,2-3H2,1H3,(H,13,14)(H2,12,15,16). The van der Waals surface area contributed by atoms with Gasteiger partial charge in [-0.3, -0.25) is 4.79 Å². The first-order chi connectivity index (χ1) is 7.93. The average Bonchev–Trinajstić information content (AvgIpc) is 2.55. The summed E-state index contributed by atoms with van der Waals surface area (Å²) in [4.78, 5) is 11.7. The summed E-state index contributed by atoms with van der Waals surface area (Å²) >= 11 is 0. The van der Waals surface area contributed by atoms with E-state index in [2.05, 4.69) is 5.32 Å². The van der Waals surface area contributed by atoms with Crippen molar-refractivity contribution in [1.29, 1.82) is 0 Å². The molecule has 1 aliphatic heterocycles. The van der Waals surface area contributed by atoms with E-state index in [9.17, 15) is 13.2 Å². The molecule has 6 heteroatoms. The second-order valence-corrected chi connectivity index (χ2v) is 5.67. The van der Waals surface area contributed by atoms with Gasteiger partial charge in [-0.1, -0.05) is 19.4 Å². The Balaban J connectivity index is 2.48. The van der Waals surface area contributed by atoms with Crippen LogP contribution in [0, 0.1) is 0 Å². The lowest BCUT2D eigenvalue weighted by Gasteiger charge is -2.09. The number of carbonyl (C=O) groups excluding carboxylic acids is 1. The van der Waals surface area contributed by atoms with E-state index in [1.807, 2.05) is 6.92 Å². The van der Waals surface area contributed by atoms with Crippen LogP contribution in [0.15, 0.2) is 23.1 Å². The smallest absolute Gasteiger partial charge is 0.252 e. The molecule has 0 aliphatic carbocycles. The van der Waals surface area contributed by atoms with Crippen molar-refractivity contribution < 1.29 is 13.2 Å². The molecular formula is C11H14N2O3S. The Morgan fingerprint density at radius 3 is 2.71 bits per heavy atom. The SMILES string of the molecule is CCCC1NC(=O)c2cc(S(N)(=O)=O)ccc21. The molecule has 0 bridgehead atoms. The highest BCUT2D eigenvalue weighted by Crippen LogP contribution is 2.30. The van der Waals surface area contributed by atoms with E-state index in [4.69, 9.17) is 5.14 Å². The number of nitrogens with one attached hydrogen (secondary N) is 1. The van der Waals surface area contributed by atoms with Crippen LogP contribution in [0.3, 0.4) is 0 Å². The van der Waals surface area contributed by atoms with Crippen molar-refractivity contribution in [3.63, 3.8) is 0 Å².